The smallest absolute Gasteiger partial charge is 0.407 e. The number of carboxylic acids is 1. The molecule has 3 amide bonds. The summed E-state index contributed by atoms with van der Waals surface area (Å²) in [6.45, 7) is 7.43. The lowest BCUT2D eigenvalue weighted by molar-refractivity contribution is -0.150. The number of thioether (sulfide) groups is 2. The number of amides is 3. The number of aromatic amines is 1. The number of tetrazole rings is 1. The molecule has 1 saturated heterocycles. The molecule has 4 N–H and O–H groups in total. The third kappa shape index (κ3) is 6.47. The van der Waals surface area contributed by atoms with Crippen LogP contribution in [0, 0.1) is 0 Å². The van der Waals surface area contributed by atoms with Gasteiger partial charge < -0.3 is 20.5 Å². The Bertz CT molecular complexity index is 1260. The molecule has 204 valence electrons. The highest BCUT2D eigenvalue weighted by atomic mass is 32.2. The first kappa shape index (κ1) is 27.9. The molecule has 4 rings (SSSR count). The molecular formula is C22H27N7O6S3. The van der Waals surface area contributed by atoms with Crippen LogP contribution >= 0.6 is 34.9 Å². The fraction of sp³-hybridized carbons (Fsp3) is 0.500. The summed E-state index contributed by atoms with van der Waals surface area (Å²) in [5, 5.41) is 28.5. The zero-order valence-electron chi connectivity index (χ0n) is 21.0. The highest BCUT2D eigenvalue weighted by Gasteiger charge is 2.54. The number of nitrogens with one attached hydrogen (secondary N) is 3. The van der Waals surface area contributed by atoms with Gasteiger partial charge in [0.1, 0.15) is 22.7 Å². The van der Waals surface area contributed by atoms with Crippen molar-refractivity contribution >= 4 is 58.7 Å². The van der Waals surface area contributed by atoms with Gasteiger partial charge >= 0.3 is 12.1 Å². The molecular weight excluding hydrogens is 554 g/mol. The van der Waals surface area contributed by atoms with E-state index in [2.05, 4.69) is 31.3 Å². The highest BCUT2D eigenvalue weighted by Crippen LogP contribution is 2.43. The van der Waals surface area contributed by atoms with Crippen molar-refractivity contribution in [1.82, 2.24) is 36.2 Å². The van der Waals surface area contributed by atoms with Crippen LogP contribution in [0.4, 0.5) is 4.79 Å². The van der Waals surface area contributed by atoms with Crippen LogP contribution in [0.5, 0.6) is 0 Å². The predicted molar refractivity (Wildman–Crippen MR) is 140 cm³/mol. The first-order valence-electron chi connectivity index (χ1n) is 11.6. The van der Waals surface area contributed by atoms with E-state index in [0.717, 1.165) is 9.75 Å². The summed E-state index contributed by atoms with van der Waals surface area (Å²) in [6.07, 6.45) is -0.465. The molecule has 2 aromatic rings. The van der Waals surface area contributed by atoms with Gasteiger partial charge in [0.25, 0.3) is 5.91 Å². The topological polar surface area (TPSA) is 179 Å². The Labute approximate surface area is 230 Å². The molecule has 0 bridgehead atoms. The summed E-state index contributed by atoms with van der Waals surface area (Å²) >= 11 is 4.01. The minimum atomic E-state index is -1.20. The monoisotopic (exact) mass is 581 g/mol. The van der Waals surface area contributed by atoms with E-state index in [1.807, 2.05) is 13.0 Å². The van der Waals surface area contributed by atoms with Crippen LogP contribution in [-0.2, 0) is 32.1 Å². The number of hydrogen-bond donors (Lipinski definition) is 4. The van der Waals surface area contributed by atoms with E-state index < -0.39 is 35.0 Å². The molecule has 16 heteroatoms. The maximum Gasteiger partial charge on any atom is 0.407 e. The predicted octanol–water partition coefficient (Wildman–Crippen LogP) is 1.75. The van der Waals surface area contributed by atoms with Crippen molar-refractivity contribution < 1.29 is 29.0 Å². The van der Waals surface area contributed by atoms with Crippen molar-refractivity contribution in [1.29, 1.82) is 0 Å². The van der Waals surface area contributed by atoms with Crippen molar-refractivity contribution in [2.45, 2.75) is 68.1 Å². The number of carbonyl (C=O) groups is 4. The second-order valence-electron chi connectivity index (χ2n) is 9.49. The third-order valence-corrected chi connectivity index (χ3v) is 8.88. The maximum atomic E-state index is 12.9. The molecule has 0 saturated carbocycles. The van der Waals surface area contributed by atoms with E-state index in [1.54, 1.807) is 26.8 Å². The standard InChI is InChI=1S/C22H27N7O6S3/c1-10(37-20-25-27-28-26-20)13-9-36-18-15(17(31)29(18)16(13)19(32)33)24-14(30)7-11-5-6-12(38-11)8-23-21(34)35-22(2,3)4/h5-6,10,15,18H,7-9H2,1-4H3,(H,23,34)(H,24,30)(H,32,33)(H,25,26,27,28)/t10?,15-,18-/m1/s1. The minimum Gasteiger partial charge on any atom is -0.477 e. The largest absolute Gasteiger partial charge is 0.477 e. The second-order valence-corrected chi connectivity index (χ2v) is 13.2. The van der Waals surface area contributed by atoms with Gasteiger partial charge in [0.15, 0.2) is 0 Å². The molecule has 0 aromatic carbocycles. The van der Waals surface area contributed by atoms with Crippen molar-refractivity contribution in [2.75, 3.05) is 5.75 Å². The normalized spacial score (nSPS) is 19.9. The number of alkyl carbamates (subject to hydrolysis) is 1. The summed E-state index contributed by atoms with van der Waals surface area (Å²) in [7, 11) is 0. The van der Waals surface area contributed by atoms with Crippen molar-refractivity contribution in [3.8, 4) is 0 Å². The molecule has 2 aliphatic heterocycles. The van der Waals surface area contributed by atoms with Crippen LogP contribution in [0.15, 0.2) is 28.6 Å². The van der Waals surface area contributed by atoms with E-state index in [1.165, 1.54) is 39.8 Å². The number of β-lactam (4-membered cyclic amide) rings is 1. The molecule has 4 heterocycles. The number of nitrogens with zero attached hydrogens (tertiary/aromatic N) is 4. The maximum absolute atomic E-state index is 12.9. The Morgan fingerprint density at radius 2 is 2.05 bits per heavy atom. The summed E-state index contributed by atoms with van der Waals surface area (Å²) in [4.78, 5) is 52.4. The van der Waals surface area contributed by atoms with Crippen molar-refractivity contribution in [3.63, 3.8) is 0 Å². The Kier molecular flexibility index (Phi) is 8.32. The zero-order chi connectivity index (χ0) is 27.6. The van der Waals surface area contributed by atoms with Gasteiger partial charge in [0.2, 0.25) is 11.1 Å². The van der Waals surface area contributed by atoms with E-state index >= 15 is 0 Å². The first-order chi connectivity index (χ1) is 17.9. The average molecular weight is 582 g/mol. The fourth-order valence-corrected chi connectivity index (χ4v) is 7.22. The van der Waals surface area contributed by atoms with Crippen LogP contribution in [-0.4, -0.2) is 82.5 Å². The lowest BCUT2D eigenvalue weighted by atomic mass is 10.0. The Hall–Kier alpha value is -3.11. The van der Waals surface area contributed by atoms with Gasteiger partial charge in [0, 0.05) is 20.8 Å². The number of fused-ring (bicyclic) bond motifs is 1. The average Bonchev–Trinajstić information content (AvgIpc) is 3.51. The number of H-pyrrole nitrogens is 1. The molecule has 13 nitrogen and oxygen atoms in total. The molecule has 0 radical (unpaired) electrons. The molecule has 1 unspecified atom stereocenters. The minimum absolute atomic E-state index is 0.0590. The number of aliphatic carboxylic acids is 1. The van der Waals surface area contributed by atoms with Gasteiger partial charge in [-0.3, -0.25) is 14.5 Å². The molecule has 0 aliphatic carbocycles. The number of rotatable bonds is 9. The van der Waals surface area contributed by atoms with Crippen LogP contribution < -0.4 is 10.6 Å². The lowest BCUT2D eigenvalue weighted by Crippen LogP contribution is -2.70. The summed E-state index contributed by atoms with van der Waals surface area (Å²) in [5.41, 5.74) is -0.0749. The number of aromatic nitrogens is 4. The van der Waals surface area contributed by atoms with Gasteiger partial charge in [-0.05, 0) is 50.6 Å². The van der Waals surface area contributed by atoms with Gasteiger partial charge in [0.05, 0.1) is 13.0 Å². The molecule has 2 aliphatic rings. The Balaban J connectivity index is 1.33. The van der Waals surface area contributed by atoms with Crippen molar-refractivity contribution in [3.05, 3.63) is 33.2 Å². The van der Waals surface area contributed by atoms with Crippen LogP contribution in [0.1, 0.15) is 37.4 Å². The molecule has 3 atom stereocenters. The van der Waals surface area contributed by atoms with E-state index in [0.29, 0.717) is 16.5 Å². The molecule has 0 spiro atoms. The number of hydrogen-bond acceptors (Lipinski definition) is 11. The van der Waals surface area contributed by atoms with Gasteiger partial charge in [-0.25, -0.2) is 9.59 Å². The van der Waals surface area contributed by atoms with Crippen LogP contribution in [0.3, 0.4) is 0 Å². The molecule has 1 fully saturated rings. The molecule has 2 aromatic heterocycles. The quantitative estimate of drug-likeness (QED) is 0.250. The summed E-state index contributed by atoms with van der Waals surface area (Å²) in [6, 6.07) is 2.80. The summed E-state index contributed by atoms with van der Waals surface area (Å²) in [5.74, 6) is -1.62. The number of carboxylic acid groups (broad SMARTS) is 1. The zero-order valence-corrected chi connectivity index (χ0v) is 23.5. The van der Waals surface area contributed by atoms with Crippen LogP contribution in [0.2, 0.25) is 0 Å². The highest BCUT2D eigenvalue weighted by molar-refractivity contribution is 8.01. The van der Waals surface area contributed by atoms with E-state index in [9.17, 15) is 24.3 Å². The Morgan fingerprint density at radius 3 is 2.71 bits per heavy atom. The van der Waals surface area contributed by atoms with Crippen molar-refractivity contribution in [2.24, 2.45) is 0 Å². The van der Waals surface area contributed by atoms with E-state index in [-0.39, 0.29) is 29.8 Å². The third-order valence-electron chi connectivity index (χ3n) is 5.47. The molecule has 38 heavy (non-hydrogen) atoms. The second kappa shape index (κ2) is 11.3. The van der Waals surface area contributed by atoms with Gasteiger partial charge in [-0.1, -0.05) is 11.8 Å². The van der Waals surface area contributed by atoms with Gasteiger partial charge in [-0.15, -0.1) is 33.3 Å². The summed E-state index contributed by atoms with van der Waals surface area (Å²) < 4.78 is 5.21. The number of ether oxygens (including phenoxy) is 1. The van der Waals surface area contributed by atoms with Crippen LogP contribution in [0.25, 0.3) is 0 Å². The number of thiophene rings is 1. The fourth-order valence-electron chi connectivity index (χ4n) is 3.85. The first-order valence-corrected chi connectivity index (χ1v) is 14.3. The SMILES string of the molecule is CC(Sc1nn[nH]n1)C1=C(C(=O)O)N2C(=O)[C@@H](NC(=O)Cc3ccc(CNC(=O)OC(C)(C)C)s3)[C@H]2SC1. The van der Waals surface area contributed by atoms with E-state index in [4.69, 9.17) is 4.74 Å². The lowest BCUT2D eigenvalue weighted by Gasteiger charge is -2.50. The van der Waals surface area contributed by atoms with Gasteiger partial charge in [-0.2, -0.15) is 5.21 Å². The Morgan fingerprint density at radius 1 is 1.32 bits per heavy atom. The number of carbonyl (C=O) groups excluding carboxylic acids is 3.